The molecule has 0 aliphatic carbocycles. The molecule has 8 nitrogen and oxygen atoms in total. The Morgan fingerprint density at radius 1 is 0.744 bits per heavy atom. The molecule has 0 bridgehead atoms. The number of para-hydroxylation sites is 2. The van der Waals surface area contributed by atoms with Gasteiger partial charge in [-0.05, 0) is 49.2 Å². The summed E-state index contributed by atoms with van der Waals surface area (Å²) < 4.78 is 17.2. The number of hydrogen-bond acceptors (Lipinski definition) is 6. The summed E-state index contributed by atoms with van der Waals surface area (Å²) in [7, 11) is 0. The third-order valence-corrected chi connectivity index (χ3v) is 7.14. The average molecular weight is 577 g/mol. The number of pyridine rings is 2. The number of rotatable bonds is 11. The minimum absolute atomic E-state index is 0.00190. The highest BCUT2D eigenvalue weighted by Gasteiger charge is 2.48. The van der Waals surface area contributed by atoms with Crippen LogP contribution < -0.4 is 10.6 Å². The molecule has 43 heavy (non-hydrogen) atoms. The normalized spacial score (nSPS) is 12.4. The third kappa shape index (κ3) is 6.46. The summed E-state index contributed by atoms with van der Waals surface area (Å²) >= 11 is 0. The maximum Gasteiger partial charge on any atom is 0.274 e. The van der Waals surface area contributed by atoms with Gasteiger partial charge in [0.25, 0.3) is 11.6 Å². The molecular weight excluding hydrogens is 547 g/mol. The Kier molecular flexibility index (Phi) is 8.61. The first kappa shape index (κ1) is 29.2. The van der Waals surface area contributed by atoms with Crippen molar-refractivity contribution in [3.05, 3.63) is 108 Å². The summed E-state index contributed by atoms with van der Waals surface area (Å²) in [6.45, 7) is 1.46. The molecule has 0 spiro atoms. The van der Waals surface area contributed by atoms with Gasteiger partial charge in [0, 0.05) is 53.7 Å². The first-order valence-corrected chi connectivity index (χ1v) is 13.9. The highest BCUT2D eigenvalue weighted by molar-refractivity contribution is 6.17. The Morgan fingerprint density at radius 3 is 2.07 bits per heavy atom. The minimum Gasteiger partial charge on any atom is -0.326 e. The van der Waals surface area contributed by atoms with E-state index >= 15 is 4.39 Å². The monoisotopic (exact) mass is 576 g/mol. The Morgan fingerprint density at radius 2 is 1.37 bits per heavy atom. The largest absolute Gasteiger partial charge is 0.326 e. The number of aromatic nitrogens is 2. The molecule has 0 radical (unpaired) electrons. The standard InChI is InChI=1S/C34H29FN4O4/c1-22(40)7-2-14-30(42)38-27-17-15-26(16-18-27)34(35,29(41)21-25-10-3-8-23-11-5-19-36-31(23)25)33(43)39-28-13-4-9-24-12-6-20-37-32(24)28/h3-6,8-13,15-20H,2,7,14,21H2,1H3,(H,38,42)(H,39,43). The van der Waals surface area contributed by atoms with Crippen molar-refractivity contribution in [2.24, 2.45) is 0 Å². The van der Waals surface area contributed by atoms with Crippen molar-refractivity contribution >= 4 is 56.6 Å². The molecule has 0 fully saturated rings. The zero-order valence-electron chi connectivity index (χ0n) is 23.5. The molecule has 2 N–H and O–H groups in total. The van der Waals surface area contributed by atoms with Gasteiger partial charge in [-0.15, -0.1) is 0 Å². The van der Waals surface area contributed by atoms with Crippen LogP contribution in [-0.4, -0.2) is 33.3 Å². The van der Waals surface area contributed by atoms with Gasteiger partial charge in [-0.2, -0.15) is 0 Å². The molecule has 1 unspecified atom stereocenters. The van der Waals surface area contributed by atoms with E-state index in [1.54, 1.807) is 48.8 Å². The highest BCUT2D eigenvalue weighted by Crippen LogP contribution is 2.33. The number of carbonyl (C=O) groups is 4. The molecule has 5 rings (SSSR count). The van der Waals surface area contributed by atoms with Gasteiger partial charge in [0.2, 0.25) is 5.91 Å². The molecule has 3 aromatic carbocycles. The summed E-state index contributed by atoms with van der Waals surface area (Å²) in [6.07, 6.45) is 3.62. The van der Waals surface area contributed by atoms with Gasteiger partial charge in [0.05, 0.1) is 16.7 Å². The van der Waals surface area contributed by atoms with E-state index < -0.39 is 17.4 Å². The lowest BCUT2D eigenvalue weighted by molar-refractivity contribution is -0.141. The number of hydrogen-bond donors (Lipinski definition) is 2. The smallest absolute Gasteiger partial charge is 0.274 e. The van der Waals surface area contributed by atoms with Gasteiger partial charge in [-0.1, -0.05) is 54.6 Å². The number of nitrogens with zero attached hydrogens (tertiary/aromatic N) is 2. The topological polar surface area (TPSA) is 118 Å². The van der Waals surface area contributed by atoms with Crippen LogP contribution in [0.3, 0.4) is 0 Å². The predicted molar refractivity (Wildman–Crippen MR) is 163 cm³/mol. The second-order valence-electron chi connectivity index (χ2n) is 10.3. The SMILES string of the molecule is CC(=O)CCCC(=O)Nc1ccc(C(F)(C(=O)Cc2cccc3cccnc23)C(=O)Nc2cccc3cccnc23)cc1. The molecule has 0 saturated heterocycles. The fourth-order valence-corrected chi connectivity index (χ4v) is 4.94. The fourth-order valence-electron chi connectivity index (χ4n) is 4.94. The summed E-state index contributed by atoms with van der Waals surface area (Å²) in [5.41, 5.74) is -1.16. The number of nitrogens with one attached hydrogen (secondary N) is 2. The van der Waals surface area contributed by atoms with Gasteiger partial charge >= 0.3 is 0 Å². The highest BCUT2D eigenvalue weighted by atomic mass is 19.1. The summed E-state index contributed by atoms with van der Waals surface area (Å²) in [5.74, 6) is -2.44. The van der Waals surface area contributed by atoms with E-state index in [-0.39, 0.29) is 35.8 Å². The predicted octanol–water partition coefficient (Wildman–Crippen LogP) is 6.10. The van der Waals surface area contributed by atoms with Gasteiger partial charge in [0.1, 0.15) is 5.78 Å². The molecule has 5 aromatic rings. The van der Waals surface area contributed by atoms with E-state index in [2.05, 4.69) is 20.6 Å². The molecule has 2 heterocycles. The van der Waals surface area contributed by atoms with Gasteiger partial charge in [-0.25, -0.2) is 4.39 Å². The van der Waals surface area contributed by atoms with E-state index in [1.807, 2.05) is 24.3 Å². The van der Waals surface area contributed by atoms with Crippen LogP contribution in [0.4, 0.5) is 15.8 Å². The quantitative estimate of drug-likeness (QED) is 0.184. The number of halogens is 1. The number of ketones is 2. The van der Waals surface area contributed by atoms with E-state index in [0.717, 1.165) is 10.8 Å². The van der Waals surface area contributed by atoms with Crippen molar-refractivity contribution in [3.8, 4) is 0 Å². The molecule has 0 saturated carbocycles. The van der Waals surface area contributed by atoms with Crippen LogP contribution in [0.1, 0.15) is 37.3 Å². The van der Waals surface area contributed by atoms with Gasteiger partial charge in [0.15, 0.2) is 5.78 Å². The van der Waals surface area contributed by atoms with Gasteiger partial charge in [-0.3, -0.25) is 24.4 Å². The maximum atomic E-state index is 17.2. The number of carbonyl (C=O) groups excluding carboxylic acids is 4. The van der Waals surface area contributed by atoms with Crippen LogP contribution in [0.25, 0.3) is 21.8 Å². The number of alkyl halides is 1. The van der Waals surface area contributed by atoms with Crippen molar-refractivity contribution < 1.29 is 23.6 Å². The molecule has 0 aliphatic heterocycles. The second-order valence-corrected chi connectivity index (χ2v) is 10.3. The zero-order chi connectivity index (χ0) is 30.4. The average Bonchev–Trinajstić information content (AvgIpc) is 3.01. The van der Waals surface area contributed by atoms with E-state index in [9.17, 15) is 19.2 Å². The Hall–Kier alpha value is -5.31. The lowest BCUT2D eigenvalue weighted by Crippen LogP contribution is -2.44. The van der Waals surface area contributed by atoms with Gasteiger partial charge < -0.3 is 15.4 Å². The number of anilines is 2. The van der Waals surface area contributed by atoms with E-state index in [0.29, 0.717) is 35.1 Å². The number of Topliss-reactive ketones (excluding diaryl/α,β-unsaturated/α-hetero) is 2. The zero-order valence-corrected chi connectivity index (χ0v) is 23.5. The van der Waals surface area contributed by atoms with E-state index in [4.69, 9.17) is 0 Å². The number of fused-ring (bicyclic) bond motifs is 2. The number of amides is 2. The van der Waals surface area contributed by atoms with Crippen molar-refractivity contribution in [2.75, 3.05) is 10.6 Å². The van der Waals surface area contributed by atoms with Crippen LogP contribution in [0, 0.1) is 0 Å². The van der Waals surface area contributed by atoms with Crippen molar-refractivity contribution in [2.45, 2.75) is 38.3 Å². The lowest BCUT2D eigenvalue weighted by Gasteiger charge is -2.24. The van der Waals surface area contributed by atoms with Crippen LogP contribution in [0.15, 0.2) is 97.3 Å². The lowest BCUT2D eigenvalue weighted by atomic mass is 9.86. The Labute approximate surface area is 247 Å². The first-order chi connectivity index (χ1) is 20.8. The van der Waals surface area contributed by atoms with Crippen LogP contribution in [-0.2, 0) is 31.3 Å². The van der Waals surface area contributed by atoms with Crippen LogP contribution in [0.2, 0.25) is 0 Å². The second kappa shape index (κ2) is 12.7. The third-order valence-electron chi connectivity index (χ3n) is 7.14. The summed E-state index contributed by atoms with van der Waals surface area (Å²) in [4.78, 5) is 59.7. The first-order valence-electron chi connectivity index (χ1n) is 13.9. The van der Waals surface area contributed by atoms with Crippen LogP contribution in [0.5, 0.6) is 0 Å². The molecular formula is C34H29FN4O4. The van der Waals surface area contributed by atoms with Crippen LogP contribution >= 0.6 is 0 Å². The molecule has 1 atom stereocenters. The number of benzene rings is 3. The summed E-state index contributed by atoms with van der Waals surface area (Å²) in [6, 6.07) is 23.1. The molecule has 9 heteroatoms. The molecule has 2 aromatic heterocycles. The Balaban J connectivity index is 1.46. The fraction of sp³-hybridized carbons (Fsp3) is 0.176. The van der Waals surface area contributed by atoms with Crippen molar-refractivity contribution in [3.63, 3.8) is 0 Å². The van der Waals surface area contributed by atoms with E-state index in [1.165, 1.54) is 31.2 Å². The van der Waals surface area contributed by atoms with Crippen molar-refractivity contribution in [1.82, 2.24) is 9.97 Å². The summed E-state index contributed by atoms with van der Waals surface area (Å²) in [5, 5.41) is 6.82. The molecule has 0 aliphatic rings. The molecule has 2 amide bonds. The molecule has 216 valence electrons. The Bertz CT molecular complexity index is 1730. The minimum atomic E-state index is -3.09. The maximum absolute atomic E-state index is 17.2. The van der Waals surface area contributed by atoms with Crippen molar-refractivity contribution in [1.29, 1.82) is 0 Å².